The first-order valence-corrected chi connectivity index (χ1v) is 12.4. The highest BCUT2D eigenvalue weighted by molar-refractivity contribution is 5.98. The molecule has 1 atom stereocenters. The number of likely N-dealkylation sites (tertiary alicyclic amines) is 1. The average molecular weight is 422 g/mol. The maximum Gasteiger partial charge on any atom is 0.0133 e. The van der Waals surface area contributed by atoms with Crippen molar-refractivity contribution >= 4 is 16.3 Å². The van der Waals surface area contributed by atoms with Gasteiger partial charge >= 0.3 is 0 Å². The van der Waals surface area contributed by atoms with Gasteiger partial charge in [-0.3, -0.25) is 0 Å². The minimum Gasteiger partial charge on any atom is -0.303 e. The number of nitrogens with zero attached hydrogens (tertiary/aromatic N) is 1. The Kier molecular flexibility index (Phi) is 6.28. The predicted molar refractivity (Wildman–Crippen MR) is 139 cm³/mol. The first-order chi connectivity index (χ1) is 15.7. The number of hydrogen-bond donors (Lipinski definition) is 0. The lowest BCUT2D eigenvalue weighted by atomic mass is 9.92. The summed E-state index contributed by atoms with van der Waals surface area (Å²) in [6.07, 6.45) is 13.4. The van der Waals surface area contributed by atoms with Crippen LogP contribution in [-0.2, 0) is 6.42 Å². The van der Waals surface area contributed by atoms with Crippen LogP contribution in [0.5, 0.6) is 0 Å². The van der Waals surface area contributed by atoms with Gasteiger partial charge < -0.3 is 4.90 Å². The van der Waals surface area contributed by atoms with Gasteiger partial charge in [0.1, 0.15) is 0 Å². The van der Waals surface area contributed by atoms with Crippen LogP contribution in [0.4, 0.5) is 0 Å². The van der Waals surface area contributed by atoms with Crippen molar-refractivity contribution in [2.75, 3.05) is 13.6 Å². The summed E-state index contributed by atoms with van der Waals surface area (Å²) in [6, 6.07) is 23.6. The summed E-state index contributed by atoms with van der Waals surface area (Å²) in [4.78, 5) is 2.53. The fourth-order valence-electron chi connectivity index (χ4n) is 5.51. The number of benzene rings is 3. The van der Waals surface area contributed by atoms with Crippen molar-refractivity contribution < 1.29 is 0 Å². The summed E-state index contributed by atoms with van der Waals surface area (Å²) in [5.74, 6) is 0. The van der Waals surface area contributed by atoms with Crippen molar-refractivity contribution in [3.05, 3.63) is 89.5 Å². The molecule has 1 heteroatoms. The number of unbranched alkanes of at least 4 members (excludes halogenated alkanes) is 1. The molecule has 0 N–H and O–H groups in total. The van der Waals surface area contributed by atoms with Crippen molar-refractivity contribution in [3.8, 4) is 11.1 Å². The van der Waals surface area contributed by atoms with Crippen LogP contribution < -0.4 is 0 Å². The lowest BCUT2D eigenvalue weighted by molar-refractivity contribution is 0.310. The molecule has 0 spiro atoms. The van der Waals surface area contributed by atoms with E-state index in [0.29, 0.717) is 6.04 Å². The molecule has 1 aliphatic carbocycles. The topological polar surface area (TPSA) is 3.24 Å². The average Bonchev–Trinajstić information content (AvgIpc) is 3.47. The standard InChI is InChI=1S/C31H35N/c1-3-4-8-23-14-15-26(21-23)24-16-18-25(19-17-24)29-11-6-12-30-27(9-5-13-31(29)30)22-28-10-7-20-32(28)2/h5-6,9,11-19,28H,3-4,7-8,10,20-22H2,1-2H3. The normalized spacial score (nSPS) is 18.9. The molecule has 3 aromatic carbocycles. The Bertz CT molecular complexity index is 1150. The van der Waals surface area contributed by atoms with E-state index >= 15 is 0 Å². The van der Waals surface area contributed by atoms with Gasteiger partial charge in [-0.2, -0.15) is 0 Å². The zero-order valence-electron chi connectivity index (χ0n) is 19.6. The maximum absolute atomic E-state index is 2.53. The lowest BCUT2D eigenvalue weighted by Crippen LogP contribution is -2.26. The molecule has 1 aliphatic heterocycles. The first kappa shape index (κ1) is 21.2. The summed E-state index contributed by atoms with van der Waals surface area (Å²) in [7, 11) is 2.28. The van der Waals surface area contributed by atoms with Gasteiger partial charge in [0.15, 0.2) is 0 Å². The SMILES string of the molecule is CCCCC1=CC=C(c2ccc(-c3cccc4c(CC5CCCN5C)cccc34)cc2)C1. The van der Waals surface area contributed by atoms with Crippen LogP contribution in [0.2, 0.25) is 0 Å². The highest BCUT2D eigenvalue weighted by Crippen LogP contribution is 2.35. The summed E-state index contributed by atoms with van der Waals surface area (Å²) >= 11 is 0. The van der Waals surface area contributed by atoms with Gasteiger partial charge in [-0.1, -0.05) is 91.7 Å². The second-order valence-electron chi connectivity index (χ2n) is 9.67. The molecule has 5 rings (SSSR count). The Morgan fingerprint density at radius 1 is 0.875 bits per heavy atom. The molecule has 1 fully saturated rings. The molecule has 0 saturated carbocycles. The maximum atomic E-state index is 2.53. The van der Waals surface area contributed by atoms with Crippen molar-refractivity contribution in [3.63, 3.8) is 0 Å². The van der Waals surface area contributed by atoms with Gasteiger partial charge in [0.2, 0.25) is 0 Å². The molecule has 164 valence electrons. The van der Waals surface area contributed by atoms with Gasteiger partial charge in [0.25, 0.3) is 0 Å². The smallest absolute Gasteiger partial charge is 0.0133 e. The monoisotopic (exact) mass is 421 g/mol. The lowest BCUT2D eigenvalue weighted by Gasteiger charge is -2.20. The van der Waals surface area contributed by atoms with Crippen molar-refractivity contribution in [2.24, 2.45) is 0 Å². The molecule has 1 saturated heterocycles. The molecule has 1 nitrogen and oxygen atoms in total. The number of allylic oxidation sites excluding steroid dienone is 4. The molecule has 2 aliphatic rings. The summed E-state index contributed by atoms with van der Waals surface area (Å²) < 4.78 is 0. The Balaban J connectivity index is 1.39. The Morgan fingerprint density at radius 2 is 1.66 bits per heavy atom. The highest BCUT2D eigenvalue weighted by atomic mass is 15.1. The van der Waals surface area contributed by atoms with E-state index < -0.39 is 0 Å². The van der Waals surface area contributed by atoms with Gasteiger partial charge in [-0.25, -0.2) is 0 Å². The van der Waals surface area contributed by atoms with E-state index in [1.54, 1.807) is 5.57 Å². The molecule has 0 aromatic heterocycles. The molecular formula is C31H35N. The van der Waals surface area contributed by atoms with Crippen LogP contribution in [0.1, 0.15) is 56.6 Å². The molecule has 3 aromatic rings. The molecule has 0 amide bonds. The highest BCUT2D eigenvalue weighted by Gasteiger charge is 2.22. The number of fused-ring (bicyclic) bond motifs is 1. The van der Waals surface area contributed by atoms with E-state index in [1.165, 1.54) is 77.2 Å². The van der Waals surface area contributed by atoms with E-state index in [1.807, 2.05) is 0 Å². The fourth-order valence-corrected chi connectivity index (χ4v) is 5.51. The van der Waals surface area contributed by atoms with Crippen molar-refractivity contribution in [1.82, 2.24) is 4.90 Å². The van der Waals surface area contributed by atoms with Crippen LogP contribution in [-0.4, -0.2) is 24.5 Å². The van der Waals surface area contributed by atoms with Gasteiger partial charge in [-0.05, 0) is 90.7 Å². The molecule has 1 unspecified atom stereocenters. The van der Waals surface area contributed by atoms with Crippen LogP contribution >= 0.6 is 0 Å². The van der Waals surface area contributed by atoms with Crippen LogP contribution in [0, 0.1) is 0 Å². The van der Waals surface area contributed by atoms with Crippen LogP contribution in [0.3, 0.4) is 0 Å². The second kappa shape index (κ2) is 9.46. The molecule has 1 heterocycles. The molecular weight excluding hydrogens is 386 g/mol. The van der Waals surface area contributed by atoms with Gasteiger partial charge in [0, 0.05) is 6.04 Å². The van der Waals surface area contributed by atoms with Crippen molar-refractivity contribution in [1.29, 1.82) is 0 Å². The van der Waals surface area contributed by atoms with E-state index in [2.05, 4.69) is 91.7 Å². The van der Waals surface area contributed by atoms with Crippen LogP contribution in [0.15, 0.2) is 78.4 Å². The third kappa shape index (κ3) is 4.32. The van der Waals surface area contributed by atoms with E-state index in [0.717, 1.165) is 12.8 Å². The molecule has 0 radical (unpaired) electrons. The quantitative estimate of drug-likeness (QED) is 0.373. The first-order valence-electron chi connectivity index (χ1n) is 12.4. The number of rotatable bonds is 7. The van der Waals surface area contributed by atoms with E-state index in [9.17, 15) is 0 Å². The Hall–Kier alpha value is -2.64. The zero-order chi connectivity index (χ0) is 21.9. The predicted octanol–water partition coefficient (Wildman–Crippen LogP) is 8.05. The van der Waals surface area contributed by atoms with Crippen LogP contribution in [0.25, 0.3) is 27.5 Å². The van der Waals surface area contributed by atoms with E-state index in [-0.39, 0.29) is 0 Å². The number of hydrogen-bond acceptors (Lipinski definition) is 1. The largest absolute Gasteiger partial charge is 0.303 e. The summed E-state index contributed by atoms with van der Waals surface area (Å²) in [5.41, 5.74) is 8.55. The minimum atomic E-state index is 0.680. The Labute approximate surface area is 193 Å². The zero-order valence-corrected chi connectivity index (χ0v) is 19.6. The number of likely N-dealkylation sites (N-methyl/N-ethyl adjacent to an activating group) is 1. The Morgan fingerprint density at radius 3 is 2.44 bits per heavy atom. The minimum absolute atomic E-state index is 0.680. The third-order valence-corrected chi connectivity index (χ3v) is 7.50. The summed E-state index contributed by atoms with van der Waals surface area (Å²) in [5, 5.41) is 2.79. The van der Waals surface area contributed by atoms with Gasteiger partial charge in [0.05, 0.1) is 0 Å². The molecule has 0 bridgehead atoms. The second-order valence-corrected chi connectivity index (χ2v) is 9.67. The molecule has 32 heavy (non-hydrogen) atoms. The summed E-state index contributed by atoms with van der Waals surface area (Å²) in [6.45, 7) is 3.51. The van der Waals surface area contributed by atoms with Crippen molar-refractivity contribution in [2.45, 2.75) is 57.9 Å². The van der Waals surface area contributed by atoms with E-state index in [4.69, 9.17) is 0 Å². The van der Waals surface area contributed by atoms with Gasteiger partial charge in [-0.15, -0.1) is 0 Å². The third-order valence-electron chi connectivity index (χ3n) is 7.50. The fraction of sp³-hybridized carbons (Fsp3) is 0.355.